The Kier molecular flexibility index (Phi) is 6.64. The Morgan fingerprint density at radius 3 is 2.65 bits per heavy atom. The summed E-state index contributed by atoms with van der Waals surface area (Å²) in [4.78, 5) is 25.0. The molecule has 0 aliphatic heterocycles. The monoisotopic (exact) mass is 370 g/mol. The molecule has 0 unspecified atom stereocenters. The van der Waals surface area contributed by atoms with Crippen LogP contribution in [0.3, 0.4) is 0 Å². The maximum Gasteiger partial charge on any atom is 0.340 e. The Morgan fingerprint density at radius 1 is 1.23 bits per heavy atom. The second-order valence-electron chi connectivity index (χ2n) is 5.36. The molecule has 0 heterocycles. The summed E-state index contributed by atoms with van der Waals surface area (Å²) in [7, 11) is -1.32. The van der Waals surface area contributed by atoms with E-state index in [2.05, 4.69) is 5.32 Å². The van der Waals surface area contributed by atoms with E-state index in [1.165, 1.54) is 19.1 Å². The molecule has 6 nitrogen and oxygen atoms in total. The molecule has 0 spiro atoms. The van der Waals surface area contributed by atoms with Crippen LogP contribution in [0.5, 0.6) is 0 Å². The molecule has 7 heteroatoms. The molecule has 2 atom stereocenters. The van der Waals surface area contributed by atoms with E-state index in [0.717, 1.165) is 0 Å². The van der Waals surface area contributed by atoms with Gasteiger partial charge in [-0.25, -0.2) is 4.79 Å². The summed E-state index contributed by atoms with van der Waals surface area (Å²) < 4.78 is 17.3. The van der Waals surface area contributed by atoms with Crippen LogP contribution >= 0.6 is 0 Å². The summed E-state index contributed by atoms with van der Waals surface area (Å²) in [6, 6.07) is 14.8. The van der Waals surface area contributed by atoms with Gasteiger partial charge < -0.3 is 10.1 Å². The molecule has 0 radical (unpaired) electrons. The van der Waals surface area contributed by atoms with Crippen LogP contribution in [-0.4, -0.2) is 27.9 Å². The van der Waals surface area contributed by atoms with Crippen molar-refractivity contribution in [3.63, 3.8) is 0 Å². The lowest BCUT2D eigenvalue weighted by Gasteiger charge is -2.15. The SMILES string of the molecule is CC[S@](=O)c1ccccc1C(=O)O[C@@H](C)C(=O)Nc1cccc(C#N)c1. The second-order valence-corrected chi connectivity index (χ2v) is 7.07. The molecule has 0 bridgehead atoms. The van der Waals surface area contributed by atoms with Crippen molar-refractivity contribution in [2.75, 3.05) is 11.1 Å². The standard InChI is InChI=1S/C19H18N2O4S/c1-3-26(24)17-10-5-4-9-16(17)19(23)25-13(2)18(22)21-15-8-6-7-14(11-15)12-20/h4-11,13H,3H2,1-2H3,(H,21,22)/t13-,26-/m0/s1. The zero-order valence-corrected chi connectivity index (χ0v) is 15.2. The molecule has 2 aromatic rings. The van der Waals surface area contributed by atoms with E-state index >= 15 is 0 Å². The molecular weight excluding hydrogens is 352 g/mol. The van der Waals surface area contributed by atoms with Crippen molar-refractivity contribution in [3.8, 4) is 6.07 Å². The van der Waals surface area contributed by atoms with Gasteiger partial charge in [0.2, 0.25) is 0 Å². The zero-order chi connectivity index (χ0) is 19.1. The van der Waals surface area contributed by atoms with Crippen molar-refractivity contribution in [1.82, 2.24) is 0 Å². The van der Waals surface area contributed by atoms with Crippen LogP contribution in [0.15, 0.2) is 53.4 Å². The van der Waals surface area contributed by atoms with Crippen LogP contribution in [0.4, 0.5) is 5.69 Å². The van der Waals surface area contributed by atoms with Gasteiger partial charge >= 0.3 is 5.97 Å². The molecule has 134 valence electrons. The number of carbonyl (C=O) groups is 2. The van der Waals surface area contributed by atoms with Crippen molar-refractivity contribution in [2.45, 2.75) is 24.8 Å². The Labute approximate surface area is 154 Å². The molecular formula is C19H18N2O4S. The lowest BCUT2D eigenvalue weighted by molar-refractivity contribution is -0.123. The molecule has 2 rings (SSSR count). The van der Waals surface area contributed by atoms with Gasteiger partial charge in [0.15, 0.2) is 6.10 Å². The number of esters is 1. The summed E-state index contributed by atoms with van der Waals surface area (Å²) in [5.41, 5.74) is 1.02. The molecule has 0 aromatic heterocycles. The zero-order valence-electron chi connectivity index (χ0n) is 14.4. The average molecular weight is 370 g/mol. The van der Waals surface area contributed by atoms with Crippen LogP contribution in [0.1, 0.15) is 29.8 Å². The van der Waals surface area contributed by atoms with Crippen molar-refractivity contribution in [3.05, 3.63) is 59.7 Å². The minimum atomic E-state index is -1.32. The number of nitriles is 1. The third-order valence-corrected chi connectivity index (χ3v) is 4.90. The van der Waals surface area contributed by atoms with E-state index in [1.807, 2.05) is 6.07 Å². The normalized spacial score (nSPS) is 12.5. The summed E-state index contributed by atoms with van der Waals surface area (Å²) in [5, 5.41) is 11.5. The maximum absolute atomic E-state index is 12.4. The lowest BCUT2D eigenvalue weighted by Crippen LogP contribution is -2.30. The second kappa shape index (κ2) is 8.92. The van der Waals surface area contributed by atoms with Crippen LogP contribution in [0.2, 0.25) is 0 Å². The first-order valence-corrected chi connectivity index (χ1v) is 9.27. The molecule has 2 aromatic carbocycles. The van der Waals surface area contributed by atoms with E-state index in [-0.39, 0.29) is 5.56 Å². The van der Waals surface area contributed by atoms with E-state index in [9.17, 15) is 13.8 Å². The van der Waals surface area contributed by atoms with E-state index in [0.29, 0.717) is 21.9 Å². The highest BCUT2D eigenvalue weighted by atomic mass is 32.2. The third-order valence-electron chi connectivity index (χ3n) is 3.53. The first-order valence-electron chi connectivity index (χ1n) is 7.95. The van der Waals surface area contributed by atoms with Crippen LogP contribution in [-0.2, 0) is 20.3 Å². The van der Waals surface area contributed by atoms with E-state index in [1.54, 1.807) is 43.3 Å². The highest BCUT2D eigenvalue weighted by Gasteiger charge is 2.22. The molecule has 0 fully saturated rings. The van der Waals surface area contributed by atoms with Gasteiger partial charge in [0.1, 0.15) is 0 Å². The number of amides is 1. The van der Waals surface area contributed by atoms with Crippen LogP contribution < -0.4 is 5.32 Å². The molecule has 0 saturated carbocycles. The molecule has 1 amide bonds. The summed E-state index contributed by atoms with van der Waals surface area (Å²) in [6.07, 6.45) is -1.06. The van der Waals surface area contributed by atoms with Gasteiger partial charge in [-0.1, -0.05) is 25.1 Å². The predicted octanol–water partition coefficient (Wildman–Crippen LogP) is 2.87. The number of hydrogen-bond donors (Lipinski definition) is 1. The number of nitrogens with one attached hydrogen (secondary N) is 1. The molecule has 0 aliphatic carbocycles. The van der Waals surface area contributed by atoms with Gasteiger partial charge in [0.25, 0.3) is 5.91 Å². The number of nitrogens with zero attached hydrogens (tertiary/aromatic N) is 1. The summed E-state index contributed by atoms with van der Waals surface area (Å²) in [5.74, 6) is -0.867. The number of anilines is 1. The fraction of sp³-hybridized carbons (Fsp3) is 0.211. The first kappa shape index (κ1) is 19.3. The quantitative estimate of drug-likeness (QED) is 0.789. The smallest absolute Gasteiger partial charge is 0.340 e. The molecule has 26 heavy (non-hydrogen) atoms. The van der Waals surface area contributed by atoms with E-state index < -0.39 is 28.8 Å². The number of ether oxygens (including phenoxy) is 1. The van der Waals surface area contributed by atoms with Crippen molar-refractivity contribution >= 4 is 28.4 Å². The van der Waals surface area contributed by atoms with Crippen molar-refractivity contribution in [1.29, 1.82) is 5.26 Å². The largest absolute Gasteiger partial charge is 0.449 e. The van der Waals surface area contributed by atoms with Gasteiger partial charge in [-0.3, -0.25) is 9.00 Å². The Morgan fingerprint density at radius 2 is 1.96 bits per heavy atom. The van der Waals surface area contributed by atoms with Gasteiger partial charge in [-0.2, -0.15) is 5.26 Å². The molecule has 1 N–H and O–H groups in total. The fourth-order valence-corrected chi connectivity index (χ4v) is 3.12. The lowest BCUT2D eigenvalue weighted by atomic mass is 10.2. The topological polar surface area (TPSA) is 96.3 Å². The molecule has 0 aliphatic rings. The van der Waals surface area contributed by atoms with Gasteiger partial charge in [-0.05, 0) is 37.3 Å². The Bertz CT molecular complexity index is 889. The average Bonchev–Trinajstić information content (AvgIpc) is 2.67. The highest BCUT2D eigenvalue weighted by molar-refractivity contribution is 7.85. The minimum absolute atomic E-state index is 0.179. The summed E-state index contributed by atoms with van der Waals surface area (Å²) in [6.45, 7) is 3.20. The highest BCUT2D eigenvalue weighted by Crippen LogP contribution is 2.16. The molecule has 0 saturated heterocycles. The Balaban J connectivity index is 2.08. The predicted molar refractivity (Wildman–Crippen MR) is 98.1 cm³/mol. The number of benzene rings is 2. The summed E-state index contributed by atoms with van der Waals surface area (Å²) >= 11 is 0. The number of carbonyl (C=O) groups excluding carboxylic acids is 2. The minimum Gasteiger partial charge on any atom is -0.449 e. The number of hydrogen-bond acceptors (Lipinski definition) is 5. The third kappa shape index (κ3) is 4.77. The fourth-order valence-electron chi connectivity index (χ4n) is 2.18. The number of rotatable bonds is 6. The maximum atomic E-state index is 12.4. The Hall–Kier alpha value is -2.98. The van der Waals surface area contributed by atoms with Crippen molar-refractivity contribution < 1.29 is 18.5 Å². The van der Waals surface area contributed by atoms with Crippen LogP contribution in [0, 0.1) is 11.3 Å². The first-order chi connectivity index (χ1) is 12.5. The van der Waals surface area contributed by atoms with Crippen molar-refractivity contribution in [2.24, 2.45) is 0 Å². The van der Waals surface area contributed by atoms with Crippen LogP contribution in [0.25, 0.3) is 0 Å². The van der Waals surface area contributed by atoms with Gasteiger partial charge in [0.05, 0.1) is 32.9 Å². The van der Waals surface area contributed by atoms with E-state index in [4.69, 9.17) is 10.00 Å². The van der Waals surface area contributed by atoms with Gasteiger partial charge in [0, 0.05) is 11.4 Å². The van der Waals surface area contributed by atoms with Gasteiger partial charge in [-0.15, -0.1) is 0 Å².